The summed E-state index contributed by atoms with van der Waals surface area (Å²) >= 11 is 0. The van der Waals surface area contributed by atoms with E-state index in [-0.39, 0.29) is 22.9 Å². The second kappa shape index (κ2) is 7.53. The van der Waals surface area contributed by atoms with Gasteiger partial charge < -0.3 is 9.63 Å². The van der Waals surface area contributed by atoms with Crippen molar-refractivity contribution in [2.24, 2.45) is 0 Å². The summed E-state index contributed by atoms with van der Waals surface area (Å²) in [5.74, 6) is 0.00966. The van der Waals surface area contributed by atoms with Crippen molar-refractivity contribution in [2.75, 3.05) is 0 Å². The van der Waals surface area contributed by atoms with Crippen molar-refractivity contribution in [2.45, 2.75) is 33.1 Å². The molecule has 1 aromatic heterocycles. The fourth-order valence-electron chi connectivity index (χ4n) is 3.98. The minimum atomic E-state index is -4.80. The summed E-state index contributed by atoms with van der Waals surface area (Å²) in [6, 6.07) is 8.33. The van der Waals surface area contributed by atoms with Gasteiger partial charge in [-0.05, 0) is 53.8 Å². The van der Waals surface area contributed by atoms with Gasteiger partial charge in [0.05, 0.1) is 11.3 Å². The SMILES string of the molecule is CCc1cc(-c2n[nH]c(=O)n2-c2ccc3c(c2)C(C)=CC3C)c(O)cc1OP(=O)(O)O. The van der Waals surface area contributed by atoms with Gasteiger partial charge >= 0.3 is 13.5 Å². The molecule has 4 rings (SSSR count). The van der Waals surface area contributed by atoms with Gasteiger partial charge in [0.2, 0.25) is 0 Å². The number of aryl methyl sites for hydroxylation is 1. The van der Waals surface area contributed by atoms with Gasteiger partial charge in [-0.3, -0.25) is 9.79 Å². The molecule has 1 atom stereocenters. The van der Waals surface area contributed by atoms with E-state index in [1.54, 1.807) is 6.92 Å². The summed E-state index contributed by atoms with van der Waals surface area (Å²) in [4.78, 5) is 30.8. The molecule has 0 fully saturated rings. The second-order valence-electron chi connectivity index (χ2n) is 7.51. The Morgan fingerprint density at radius 2 is 1.97 bits per heavy atom. The first kappa shape index (κ1) is 21.1. The van der Waals surface area contributed by atoms with E-state index >= 15 is 0 Å². The van der Waals surface area contributed by atoms with Crippen LogP contribution in [0.15, 0.2) is 41.2 Å². The maximum Gasteiger partial charge on any atom is 0.524 e. The van der Waals surface area contributed by atoms with Crippen LogP contribution in [0.25, 0.3) is 22.6 Å². The van der Waals surface area contributed by atoms with E-state index < -0.39 is 13.5 Å². The predicted octanol–water partition coefficient (Wildman–Crippen LogP) is 3.49. The van der Waals surface area contributed by atoms with Crippen LogP contribution >= 0.6 is 7.82 Å². The van der Waals surface area contributed by atoms with Gasteiger partial charge in [0.1, 0.15) is 11.5 Å². The number of allylic oxidation sites excluding steroid dienone is 2. The van der Waals surface area contributed by atoms with Crippen LogP contribution in [0.4, 0.5) is 0 Å². The molecule has 1 heterocycles. The van der Waals surface area contributed by atoms with Crippen LogP contribution in [0.1, 0.15) is 43.4 Å². The summed E-state index contributed by atoms with van der Waals surface area (Å²) in [5.41, 5.74) is 4.13. The third-order valence-electron chi connectivity index (χ3n) is 5.40. The number of aromatic amines is 1. The first-order valence-electron chi connectivity index (χ1n) is 9.71. The fraction of sp³-hybridized carbons (Fsp3) is 0.238. The largest absolute Gasteiger partial charge is 0.524 e. The van der Waals surface area contributed by atoms with Crippen LogP contribution in [0.5, 0.6) is 11.5 Å². The number of phenolic OH excluding ortho intramolecular Hbond substituents is 1. The molecule has 0 radical (unpaired) electrons. The van der Waals surface area contributed by atoms with Crippen molar-refractivity contribution >= 4 is 13.4 Å². The zero-order valence-electron chi connectivity index (χ0n) is 17.2. The van der Waals surface area contributed by atoms with E-state index in [2.05, 4.69) is 23.2 Å². The fourth-order valence-corrected chi connectivity index (χ4v) is 4.40. The van der Waals surface area contributed by atoms with Crippen molar-refractivity contribution < 1.29 is 24.0 Å². The molecule has 2 aromatic carbocycles. The molecule has 9 nitrogen and oxygen atoms in total. The molecule has 0 bridgehead atoms. The molecule has 3 aromatic rings. The molecule has 1 aliphatic rings. The monoisotopic (exact) mass is 443 g/mol. The summed E-state index contributed by atoms with van der Waals surface area (Å²) in [6.07, 6.45) is 2.53. The Morgan fingerprint density at radius 3 is 2.65 bits per heavy atom. The van der Waals surface area contributed by atoms with E-state index in [0.29, 0.717) is 23.6 Å². The lowest BCUT2D eigenvalue weighted by molar-refractivity contribution is 0.282. The lowest BCUT2D eigenvalue weighted by atomic mass is 10.0. The van der Waals surface area contributed by atoms with E-state index in [1.807, 2.05) is 25.1 Å². The number of phenols is 1. The Bertz CT molecular complexity index is 1320. The van der Waals surface area contributed by atoms with Gasteiger partial charge in [0.25, 0.3) is 0 Å². The number of hydrogen-bond acceptors (Lipinski definition) is 5. The summed E-state index contributed by atoms with van der Waals surface area (Å²) in [7, 11) is -4.80. The molecule has 0 amide bonds. The molecule has 1 aliphatic carbocycles. The molecule has 10 heteroatoms. The molecule has 162 valence electrons. The molecule has 0 saturated heterocycles. The lowest BCUT2D eigenvalue weighted by Crippen LogP contribution is -2.16. The van der Waals surface area contributed by atoms with Crippen molar-refractivity contribution in [3.63, 3.8) is 0 Å². The summed E-state index contributed by atoms with van der Waals surface area (Å²) < 4.78 is 17.3. The van der Waals surface area contributed by atoms with Gasteiger partial charge in [0, 0.05) is 12.0 Å². The van der Waals surface area contributed by atoms with Crippen LogP contribution in [0, 0.1) is 0 Å². The molecule has 31 heavy (non-hydrogen) atoms. The number of aromatic nitrogens is 3. The van der Waals surface area contributed by atoms with Gasteiger partial charge in [-0.15, -0.1) is 0 Å². The molecular formula is C21H22N3O6P. The number of aromatic hydroxyl groups is 1. The highest BCUT2D eigenvalue weighted by atomic mass is 31.2. The highest BCUT2D eigenvalue weighted by Gasteiger charge is 2.24. The normalized spacial score (nSPS) is 15.6. The van der Waals surface area contributed by atoms with Crippen LogP contribution in [-0.4, -0.2) is 29.7 Å². The lowest BCUT2D eigenvalue weighted by Gasteiger charge is -2.15. The van der Waals surface area contributed by atoms with Crippen LogP contribution in [0.3, 0.4) is 0 Å². The summed E-state index contributed by atoms with van der Waals surface area (Å²) in [5, 5.41) is 17.1. The van der Waals surface area contributed by atoms with Crippen LogP contribution in [0.2, 0.25) is 0 Å². The molecule has 1 unspecified atom stereocenters. The van der Waals surface area contributed by atoms with Gasteiger partial charge in [-0.25, -0.2) is 19.0 Å². The number of rotatable bonds is 5. The van der Waals surface area contributed by atoms with Crippen molar-refractivity contribution in [3.8, 4) is 28.6 Å². The van der Waals surface area contributed by atoms with Gasteiger partial charge in [-0.2, -0.15) is 5.10 Å². The van der Waals surface area contributed by atoms with E-state index in [9.17, 15) is 14.5 Å². The minimum absolute atomic E-state index is 0.131. The zero-order valence-corrected chi connectivity index (χ0v) is 18.1. The zero-order chi connectivity index (χ0) is 22.5. The number of phosphoric ester groups is 1. The Hall–Kier alpha value is -3.13. The Morgan fingerprint density at radius 1 is 1.23 bits per heavy atom. The Kier molecular flexibility index (Phi) is 5.13. The highest BCUT2D eigenvalue weighted by Crippen LogP contribution is 2.43. The van der Waals surface area contributed by atoms with Crippen molar-refractivity contribution in [3.05, 3.63) is 63.6 Å². The molecule has 4 N–H and O–H groups in total. The number of fused-ring (bicyclic) bond motifs is 1. The second-order valence-corrected chi connectivity index (χ2v) is 8.67. The smallest absolute Gasteiger partial charge is 0.507 e. The van der Waals surface area contributed by atoms with E-state index in [1.165, 1.54) is 16.2 Å². The van der Waals surface area contributed by atoms with Crippen molar-refractivity contribution in [1.82, 2.24) is 14.8 Å². The van der Waals surface area contributed by atoms with E-state index in [0.717, 1.165) is 17.2 Å². The predicted molar refractivity (Wildman–Crippen MR) is 115 cm³/mol. The summed E-state index contributed by atoms with van der Waals surface area (Å²) in [6.45, 7) is 5.90. The van der Waals surface area contributed by atoms with Crippen LogP contribution in [-0.2, 0) is 11.0 Å². The number of phosphoric acid groups is 1. The maximum atomic E-state index is 12.6. The standard InChI is InChI=1S/C21H22N3O6P/c1-4-13-8-17(18(25)10-19(13)30-31(27,28)29)20-22-23-21(26)24(20)14-5-6-15-11(2)7-12(3)16(15)9-14/h5-11,25H,4H2,1-3H3,(H,23,26)(H2,27,28,29). The Labute approximate surface area is 177 Å². The molecular weight excluding hydrogens is 421 g/mol. The average molecular weight is 443 g/mol. The molecule has 0 aliphatic heterocycles. The van der Waals surface area contributed by atoms with Gasteiger partial charge in [-0.1, -0.05) is 26.0 Å². The third kappa shape index (κ3) is 3.83. The highest BCUT2D eigenvalue weighted by molar-refractivity contribution is 7.46. The number of nitrogens with zero attached hydrogens (tertiary/aromatic N) is 2. The molecule has 0 spiro atoms. The third-order valence-corrected chi connectivity index (χ3v) is 5.84. The number of nitrogens with one attached hydrogen (secondary N) is 1. The maximum absolute atomic E-state index is 12.6. The number of benzene rings is 2. The first-order chi connectivity index (χ1) is 14.6. The van der Waals surface area contributed by atoms with Crippen LogP contribution < -0.4 is 10.2 Å². The topological polar surface area (TPSA) is 138 Å². The minimum Gasteiger partial charge on any atom is -0.507 e. The quantitative estimate of drug-likeness (QED) is 0.443. The first-order valence-corrected chi connectivity index (χ1v) is 11.2. The Balaban J connectivity index is 1.86. The van der Waals surface area contributed by atoms with Crippen molar-refractivity contribution in [1.29, 1.82) is 0 Å². The molecule has 0 saturated carbocycles. The average Bonchev–Trinajstić information content (AvgIpc) is 3.20. The van der Waals surface area contributed by atoms with Gasteiger partial charge in [0.15, 0.2) is 5.82 Å². The van der Waals surface area contributed by atoms with E-state index in [4.69, 9.17) is 14.3 Å². The number of hydrogen-bond donors (Lipinski definition) is 4. The number of H-pyrrole nitrogens is 1.